The van der Waals surface area contributed by atoms with Crippen LogP contribution < -0.4 is 11.1 Å². The van der Waals surface area contributed by atoms with E-state index in [1.165, 1.54) is 12.4 Å². The Hall–Kier alpha value is -2.44. The summed E-state index contributed by atoms with van der Waals surface area (Å²) in [5, 5.41) is 2.82. The van der Waals surface area contributed by atoms with Crippen LogP contribution >= 0.6 is 0 Å². The zero-order valence-corrected chi connectivity index (χ0v) is 9.92. The van der Waals surface area contributed by atoms with Gasteiger partial charge >= 0.3 is 0 Å². The van der Waals surface area contributed by atoms with E-state index in [1.807, 2.05) is 6.92 Å². The molecule has 1 atom stereocenters. The molecule has 7 nitrogen and oxygen atoms in total. The van der Waals surface area contributed by atoms with Gasteiger partial charge in [-0.15, -0.1) is 0 Å². The molecule has 0 aliphatic rings. The number of hydrogen-bond acceptors (Lipinski definition) is 5. The van der Waals surface area contributed by atoms with Crippen LogP contribution in [0, 0.1) is 0 Å². The van der Waals surface area contributed by atoms with Crippen LogP contribution in [0.1, 0.15) is 35.7 Å². The molecule has 18 heavy (non-hydrogen) atoms. The van der Waals surface area contributed by atoms with Crippen molar-refractivity contribution in [2.24, 2.45) is 0 Å². The van der Waals surface area contributed by atoms with Crippen LogP contribution in [0.15, 0.2) is 24.8 Å². The van der Waals surface area contributed by atoms with Crippen LogP contribution in [0.25, 0.3) is 0 Å². The van der Waals surface area contributed by atoms with Gasteiger partial charge in [0.1, 0.15) is 17.3 Å². The van der Waals surface area contributed by atoms with E-state index in [-0.39, 0.29) is 23.5 Å². The predicted molar refractivity (Wildman–Crippen MR) is 65.5 cm³/mol. The first-order valence-electron chi connectivity index (χ1n) is 5.58. The maximum Gasteiger partial charge on any atom is 0.272 e. The molecule has 2 aromatic heterocycles. The van der Waals surface area contributed by atoms with Gasteiger partial charge in [-0.2, -0.15) is 0 Å². The Labute approximate surface area is 104 Å². The van der Waals surface area contributed by atoms with Crippen LogP contribution in [0.5, 0.6) is 0 Å². The van der Waals surface area contributed by atoms with E-state index in [1.54, 1.807) is 12.4 Å². The summed E-state index contributed by atoms with van der Waals surface area (Å²) in [6.07, 6.45) is 6.84. The summed E-state index contributed by atoms with van der Waals surface area (Å²) in [5.74, 6) is 0.606. The third-order valence-electron chi connectivity index (χ3n) is 2.45. The quantitative estimate of drug-likeness (QED) is 0.734. The average molecular weight is 246 g/mol. The highest BCUT2D eigenvalue weighted by Gasteiger charge is 2.17. The zero-order valence-electron chi connectivity index (χ0n) is 9.92. The highest BCUT2D eigenvalue weighted by Crippen LogP contribution is 2.12. The summed E-state index contributed by atoms with van der Waals surface area (Å²) in [7, 11) is 0. The van der Waals surface area contributed by atoms with Crippen LogP contribution in [0.2, 0.25) is 0 Å². The van der Waals surface area contributed by atoms with E-state index in [0.717, 1.165) is 6.42 Å². The van der Waals surface area contributed by atoms with Crippen molar-refractivity contribution in [3.8, 4) is 0 Å². The summed E-state index contributed by atoms with van der Waals surface area (Å²) in [5.41, 5.74) is 5.68. The number of imidazole rings is 1. The van der Waals surface area contributed by atoms with E-state index in [2.05, 4.69) is 25.3 Å². The number of rotatable bonds is 4. The Morgan fingerprint density at radius 3 is 3.00 bits per heavy atom. The van der Waals surface area contributed by atoms with Crippen molar-refractivity contribution in [1.29, 1.82) is 0 Å². The number of H-pyrrole nitrogens is 1. The number of nitrogens with two attached hydrogens (primary N) is 1. The molecule has 0 fully saturated rings. The molecule has 0 aliphatic heterocycles. The molecule has 0 saturated carbocycles. The van der Waals surface area contributed by atoms with Crippen molar-refractivity contribution < 1.29 is 4.79 Å². The van der Waals surface area contributed by atoms with Crippen LogP contribution in [-0.4, -0.2) is 25.8 Å². The van der Waals surface area contributed by atoms with Gasteiger partial charge in [0.2, 0.25) is 0 Å². The molecule has 0 aromatic carbocycles. The molecule has 0 radical (unpaired) electrons. The first-order valence-corrected chi connectivity index (χ1v) is 5.58. The molecule has 0 saturated heterocycles. The normalized spacial score (nSPS) is 12.1. The number of aromatic nitrogens is 4. The second-order valence-corrected chi connectivity index (χ2v) is 3.74. The SMILES string of the molecule is CCC(NC(=O)c1cncc(N)n1)c1ncc[nH]1. The number of hydrogen-bond donors (Lipinski definition) is 3. The van der Waals surface area contributed by atoms with Crippen LogP contribution in [0.3, 0.4) is 0 Å². The minimum absolute atomic E-state index is 0.185. The highest BCUT2D eigenvalue weighted by molar-refractivity contribution is 5.92. The van der Waals surface area contributed by atoms with E-state index in [9.17, 15) is 4.79 Å². The van der Waals surface area contributed by atoms with Gasteiger partial charge in [0.25, 0.3) is 5.91 Å². The molecule has 1 unspecified atom stereocenters. The topological polar surface area (TPSA) is 110 Å². The van der Waals surface area contributed by atoms with Crippen LogP contribution in [0.4, 0.5) is 5.82 Å². The number of carbonyl (C=O) groups is 1. The number of aromatic amines is 1. The van der Waals surface area contributed by atoms with E-state index in [4.69, 9.17) is 5.73 Å². The van der Waals surface area contributed by atoms with E-state index in [0.29, 0.717) is 5.82 Å². The van der Waals surface area contributed by atoms with Gasteiger partial charge in [0.05, 0.1) is 18.4 Å². The number of carbonyl (C=O) groups excluding carboxylic acids is 1. The lowest BCUT2D eigenvalue weighted by atomic mass is 10.2. The summed E-state index contributed by atoms with van der Waals surface area (Å²) < 4.78 is 0. The van der Waals surface area contributed by atoms with E-state index < -0.39 is 0 Å². The van der Waals surface area contributed by atoms with Gasteiger partial charge in [-0.25, -0.2) is 9.97 Å². The van der Waals surface area contributed by atoms with Crippen molar-refractivity contribution in [3.05, 3.63) is 36.3 Å². The molecule has 7 heteroatoms. The number of nitrogen functional groups attached to an aromatic ring is 1. The van der Waals surface area contributed by atoms with Gasteiger partial charge in [0.15, 0.2) is 0 Å². The fourth-order valence-electron chi connectivity index (χ4n) is 1.55. The molecule has 4 N–H and O–H groups in total. The largest absolute Gasteiger partial charge is 0.382 e. The van der Waals surface area contributed by atoms with Gasteiger partial charge in [0, 0.05) is 12.4 Å². The third kappa shape index (κ3) is 2.62. The van der Waals surface area contributed by atoms with Gasteiger partial charge in [-0.3, -0.25) is 9.78 Å². The first kappa shape index (κ1) is 12.0. The minimum Gasteiger partial charge on any atom is -0.382 e. The Morgan fingerprint density at radius 2 is 2.39 bits per heavy atom. The van der Waals surface area contributed by atoms with E-state index >= 15 is 0 Å². The Bertz CT molecular complexity index is 524. The van der Waals surface area contributed by atoms with Crippen molar-refractivity contribution >= 4 is 11.7 Å². The Kier molecular flexibility index (Phi) is 3.52. The lowest BCUT2D eigenvalue weighted by molar-refractivity contribution is 0.0928. The van der Waals surface area contributed by atoms with Crippen molar-refractivity contribution in [2.45, 2.75) is 19.4 Å². The molecule has 1 amide bonds. The van der Waals surface area contributed by atoms with Crippen molar-refractivity contribution in [3.63, 3.8) is 0 Å². The fourth-order valence-corrected chi connectivity index (χ4v) is 1.55. The van der Waals surface area contributed by atoms with Crippen molar-refractivity contribution in [2.75, 3.05) is 5.73 Å². The number of nitrogens with zero attached hydrogens (tertiary/aromatic N) is 3. The summed E-state index contributed by atoms with van der Waals surface area (Å²) in [6.45, 7) is 1.96. The molecule has 0 bridgehead atoms. The molecule has 2 aromatic rings. The molecule has 0 aliphatic carbocycles. The van der Waals surface area contributed by atoms with Gasteiger partial charge in [-0.1, -0.05) is 6.92 Å². The lowest BCUT2D eigenvalue weighted by Crippen LogP contribution is -2.29. The monoisotopic (exact) mass is 246 g/mol. The van der Waals surface area contributed by atoms with Crippen LogP contribution in [-0.2, 0) is 0 Å². The number of amides is 1. The van der Waals surface area contributed by atoms with Crippen molar-refractivity contribution in [1.82, 2.24) is 25.3 Å². The molecular formula is C11H14N6O. The summed E-state index contributed by atoms with van der Waals surface area (Å²) >= 11 is 0. The highest BCUT2D eigenvalue weighted by atomic mass is 16.2. The average Bonchev–Trinajstić information content (AvgIpc) is 2.89. The molecule has 0 spiro atoms. The molecule has 2 rings (SSSR count). The predicted octanol–water partition coefficient (Wildman–Crippen LogP) is 0.663. The third-order valence-corrected chi connectivity index (χ3v) is 2.45. The molecular weight excluding hydrogens is 232 g/mol. The van der Waals surface area contributed by atoms with Gasteiger partial charge < -0.3 is 16.0 Å². The first-order chi connectivity index (χ1) is 8.70. The Balaban J connectivity index is 2.11. The number of nitrogens with one attached hydrogen (secondary N) is 2. The Morgan fingerprint density at radius 1 is 1.56 bits per heavy atom. The maximum atomic E-state index is 12.0. The standard InChI is InChI=1S/C11H14N6O/c1-2-7(10-14-3-4-15-10)17-11(18)8-5-13-6-9(12)16-8/h3-7H,2H2,1H3,(H2,12,16)(H,14,15)(H,17,18). The lowest BCUT2D eigenvalue weighted by Gasteiger charge is -2.14. The maximum absolute atomic E-state index is 12.0. The molecule has 94 valence electrons. The second-order valence-electron chi connectivity index (χ2n) is 3.74. The summed E-state index contributed by atoms with van der Waals surface area (Å²) in [6, 6.07) is -0.185. The zero-order chi connectivity index (χ0) is 13.0. The second kappa shape index (κ2) is 5.26. The summed E-state index contributed by atoms with van der Waals surface area (Å²) in [4.78, 5) is 26.8. The van der Waals surface area contributed by atoms with Gasteiger partial charge in [-0.05, 0) is 6.42 Å². The fraction of sp³-hybridized carbons (Fsp3) is 0.273. The number of anilines is 1. The smallest absolute Gasteiger partial charge is 0.272 e. The minimum atomic E-state index is -0.321. The molecule has 2 heterocycles.